The Kier molecular flexibility index (Phi) is 5.17. The molecule has 2 aromatic carbocycles. The van der Waals surface area contributed by atoms with Gasteiger partial charge in [-0.25, -0.2) is 0 Å². The molecule has 2 aliphatic heterocycles. The van der Waals surface area contributed by atoms with E-state index in [1.165, 1.54) is 24.9 Å². The lowest BCUT2D eigenvalue weighted by atomic mass is 10.0. The molecular formula is C23H29N3O. The zero-order chi connectivity index (χ0) is 18.8. The van der Waals surface area contributed by atoms with Crippen LogP contribution in [0.15, 0.2) is 54.6 Å². The molecule has 1 amide bonds. The van der Waals surface area contributed by atoms with Crippen LogP contribution in [0, 0.1) is 0 Å². The van der Waals surface area contributed by atoms with Crippen LogP contribution in [0.2, 0.25) is 0 Å². The highest BCUT2D eigenvalue weighted by atomic mass is 16.2. The fourth-order valence-corrected chi connectivity index (χ4v) is 4.53. The van der Waals surface area contributed by atoms with Gasteiger partial charge in [0.05, 0.1) is 17.4 Å². The third kappa shape index (κ3) is 3.46. The van der Waals surface area contributed by atoms with Crippen LogP contribution in [0.3, 0.4) is 0 Å². The highest BCUT2D eigenvalue weighted by Crippen LogP contribution is 2.38. The smallest absolute Gasteiger partial charge is 0.244 e. The first-order valence-corrected chi connectivity index (χ1v) is 10.2. The molecule has 0 saturated carbocycles. The Bertz CT molecular complexity index is 791. The zero-order valence-corrected chi connectivity index (χ0v) is 16.3. The second-order valence-electron chi connectivity index (χ2n) is 7.72. The van der Waals surface area contributed by atoms with E-state index in [0.717, 1.165) is 31.0 Å². The van der Waals surface area contributed by atoms with Gasteiger partial charge < -0.3 is 9.80 Å². The number of nitrogens with zero attached hydrogens (tertiary/aromatic N) is 3. The molecule has 0 radical (unpaired) electrons. The van der Waals surface area contributed by atoms with Crippen LogP contribution in [0.25, 0.3) is 0 Å². The van der Waals surface area contributed by atoms with E-state index in [1.54, 1.807) is 0 Å². The summed E-state index contributed by atoms with van der Waals surface area (Å²) < 4.78 is 0. The van der Waals surface area contributed by atoms with Crippen LogP contribution < -0.4 is 9.80 Å². The average molecular weight is 364 g/mol. The Hall–Kier alpha value is -2.33. The standard InChI is InChI=1S/C23H29N3O/c1-18-10-8-9-15-24(18)19(2)23(27)26-17-16-25(20-11-4-3-5-12-20)21-13-6-7-14-22(21)26/h3-7,11-14,18-19H,8-10,15-17H2,1-2H3. The molecule has 0 bridgehead atoms. The number of amides is 1. The first kappa shape index (κ1) is 18.1. The maximum absolute atomic E-state index is 13.4. The molecule has 4 nitrogen and oxygen atoms in total. The monoisotopic (exact) mass is 363 g/mol. The predicted molar refractivity (Wildman–Crippen MR) is 112 cm³/mol. The molecule has 2 aliphatic rings. The van der Waals surface area contributed by atoms with E-state index in [2.05, 4.69) is 66.1 Å². The molecule has 0 spiro atoms. The number of anilines is 3. The summed E-state index contributed by atoms with van der Waals surface area (Å²) in [6, 6.07) is 19.1. The van der Waals surface area contributed by atoms with E-state index >= 15 is 0 Å². The van der Waals surface area contributed by atoms with Crippen molar-refractivity contribution in [3.05, 3.63) is 54.6 Å². The normalized spacial score (nSPS) is 21.6. The lowest BCUT2D eigenvalue weighted by molar-refractivity contribution is -0.124. The second kappa shape index (κ2) is 7.73. The maximum Gasteiger partial charge on any atom is 0.244 e. The van der Waals surface area contributed by atoms with E-state index in [4.69, 9.17) is 0 Å². The van der Waals surface area contributed by atoms with Crippen LogP contribution in [-0.4, -0.2) is 42.5 Å². The van der Waals surface area contributed by atoms with E-state index in [9.17, 15) is 4.79 Å². The van der Waals surface area contributed by atoms with Crippen LogP contribution in [-0.2, 0) is 4.79 Å². The minimum absolute atomic E-state index is 0.0726. The molecule has 2 unspecified atom stereocenters. The van der Waals surface area contributed by atoms with Gasteiger partial charge in [0, 0.05) is 24.8 Å². The van der Waals surface area contributed by atoms with Gasteiger partial charge in [-0.1, -0.05) is 36.8 Å². The first-order chi connectivity index (χ1) is 13.2. The van der Waals surface area contributed by atoms with Gasteiger partial charge in [0.1, 0.15) is 0 Å². The molecule has 2 aromatic rings. The third-order valence-electron chi connectivity index (χ3n) is 6.05. The molecule has 2 atom stereocenters. The number of para-hydroxylation sites is 3. The van der Waals surface area contributed by atoms with Gasteiger partial charge >= 0.3 is 0 Å². The van der Waals surface area contributed by atoms with Crippen molar-refractivity contribution in [3.63, 3.8) is 0 Å². The van der Waals surface area contributed by atoms with Crippen molar-refractivity contribution in [3.8, 4) is 0 Å². The fraction of sp³-hybridized carbons (Fsp3) is 0.435. The molecule has 2 heterocycles. The Balaban J connectivity index is 1.61. The number of fused-ring (bicyclic) bond motifs is 1. The van der Waals surface area contributed by atoms with E-state index in [1.807, 2.05) is 17.0 Å². The van der Waals surface area contributed by atoms with Crippen molar-refractivity contribution in [2.45, 2.75) is 45.2 Å². The van der Waals surface area contributed by atoms with E-state index in [0.29, 0.717) is 6.04 Å². The molecule has 1 saturated heterocycles. The van der Waals surface area contributed by atoms with Crippen molar-refractivity contribution in [1.82, 2.24) is 4.90 Å². The molecular weight excluding hydrogens is 334 g/mol. The van der Waals surface area contributed by atoms with Crippen molar-refractivity contribution in [2.24, 2.45) is 0 Å². The van der Waals surface area contributed by atoms with Crippen molar-refractivity contribution in [2.75, 3.05) is 29.4 Å². The number of piperidine rings is 1. The predicted octanol–water partition coefficient (Wildman–Crippen LogP) is 4.43. The van der Waals surface area contributed by atoms with Crippen LogP contribution in [0.1, 0.15) is 33.1 Å². The SMILES string of the molecule is CC1CCCCN1C(C)C(=O)N1CCN(c2ccccc2)c2ccccc21. The highest BCUT2D eigenvalue weighted by molar-refractivity contribution is 6.01. The number of hydrogen-bond acceptors (Lipinski definition) is 3. The number of hydrogen-bond donors (Lipinski definition) is 0. The quantitative estimate of drug-likeness (QED) is 0.807. The molecule has 4 rings (SSSR count). The summed E-state index contributed by atoms with van der Waals surface area (Å²) >= 11 is 0. The minimum Gasteiger partial charge on any atom is -0.338 e. The first-order valence-electron chi connectivity index (χ1n) is 10.2. The largest absolute Gasteiger partial charge is 0.338 e. The van der Waals surface area contributed by atoms with Gasteiger partial charge in [-0.15, -0.1) is 0 Å². The van der Waals surface area contributed by atoms with Gasteiger partial charge in [-0.05, 0) is 57.5 Å². The van der Waals surface area contributed by atoms with E-state index < -0.39 is 0 Å². The van der Waals surface area contributed by atoms with Gasteiger partial charge in [0.25, 0.3) is 0 Å². The average Bonchev–Trinajstić information content (AvgIpc) is 2.73. The molecule has 0 aliphatic carbocycles. The second-order valence-corrected chi connectivity index (χ2v) is 7.72. The summed E-state index contributed by atoms with van der Waals surface area (Å²) in [7, 11) is 0. The minimum atomic E-state index is -0.0726. The topological polar surface area (TPSA) is 26.8 Å². The molecule has 142 valence electrons. The van der Waals surface area contributed by atoms with E-state index in [-0.39, 0.29) is 11.9 Å². The molecule has 0 aromatic heterocycles. The molecule has 1 fully saturated rings. The Labute approximate surface area is 162 Å². The number of likely N-dealkylation sites (tertiary alicyclic amines) is 1. The van der Waals surface area contributed by atoms with Crippen LogP contribution in [0.4, 0.5) is 17.1 Å². The molecule has 4 heteroatoms. The van der Waals surface area contributed by atoms with Crippen molar-refractivity contribution in [1.29, 1.82) is 0 Å². The third-order valence-corrected chi connectivity index (χ3v) is 6.05. The van der Waals surface area contributed by atoms with Gasteiger partial charge in [0.2, 0.25) is 5.91 Å². The fourth-order valence-electron chi connectivity index (χ4n) is 4.53. The Morgan fingerprint density at radius 2 is 1.63 bits per heavy atom. The maximum atomic E-state index is 13.4. The Morgan fingerprint density at radius 1 is 0.926 bits per heavy atom. The summed E-state index contributed by atoms with van der Waals surface area (Å²) in [4.78, 5) is 20.1. The summed E-state index contributed by atoms with van der Waals surface area (Å²) in [5.41, 5.74) is 3.31. The van der Waals surface area contributed by atoms with Crippen molar-refractivity contribution >= 4 is 23.0 Å². The summed E-state index contributed by atoms with van der Waals surface area (Å²) in [6.07, 6.45) is 3.66. The highest BCUT2D eigenvalue weighted by Gasteiger charge is 2.34. The number of benzene rings is 2. The summed E-state index contributed by atoms with van der Waals surface area (Å²) in [5, 5.41) is 0. The van der Waals surface area contributed by atoms with Crippen LogP contribution >= 0.6 is 0 Å². The van der Waals surface area contributed by atoms with Crippen molar-refractivity contribution < 1.29 is 4.79 Å². The number of carbonyl (C=O) groups is 1. The zero-order valence-electron chi connectivity index (χ0n) is 16.3. The molecule has 0 N–H and O–H groups in total. The summed E-state index contributed by atoms with van der Waals surface area (Å²) in [6.45, 7) is 6.90. The van der Waals surface area contributed by atoms with Crippen LogP contribution in [0.5, 0.6) is 0 Å². The van der Waals surface area contributed by atoms with Gasteiger partial charge in [-0.2, -0.15) is 0 Å². The number of carbonyl (C=O) groups excluding carboxylic acids is 1. The van der Waals surface area contributed by atoms with Gasteiger partial charge in [0.15, 0.2) is 0 Å². The number of rotatable bonds is 3. The lowest BCUT2D eigenvalue weighted by Gasteiger charge is -2.42. The van der Waals surface area contributed by atoms with Gasteiger partial charge in [-0.3, -0.25) is 9.69 Å². The Morgan fingerprint density at radius 3 is 2.37 bits per heavy atom. The summed E-state index contributed by atoms with van der Waals surface area (Å²) in [5.74, 6) is 0.226. The lowest BCUT2D eigenvalue weighted by Crippen LogP contribution is -2.54. The molecule has 27 heavy (non-hydrogen) atoms.